The third kappa shape index (κ3) is 2.91. The minimum Gasteiger partial charge on any atom is -0.289 e. The van der Waals surface area contributed by atoms with Gasteiger partial charge in [0.2, 0.25) is 0 Å². The lowest BCUT2D eigenvalue weighted by molar-refractivity contribution is -0.112. The van der Waals surface area contributed by atoms with Gasteiger partial charge in [-0.1, -0.05) is 42.4 Å². The first-order chi connectivity index (χ1) is 11.1. The summed E-state index contributed by atoms with van der Waals surface area (Å²) in [5.74, 6) is -0.270. The molecule has 0 bridgehead atoms. The molecule has 1 saturated heterocycles. The molecule has 6 heteroatoms. The van der Waals surface area contributed by atoms with Crippen molar-refractivity contribution >= 4 is 34.6 Å². The Kier molecular flexibility index (Phi) is 4.04. The predicted molar refractivity (Wildman–Crippen MR) is 93.5 cm³/mol. The summed E-state index contributed by atoms with van der Waals surface area (Å²) in [7, 11) is 0. The van der Waals surface area contributed by atoms with Crippen LogP contribution in [-0.2, 0) is 4.79 Å². The fourth-order valence-electron chi connectivity index (χ4n) is 2.19. The van der Waals surface area contributed by atoms with E-state index in [4.69, 9.17) is 11.6 Å². The monoisotopic (exact) mass is 326 g/mol. The molecule has 2 N–H and O–H groups in total. The van der Waals surface area contributed by atoms with Crippen molar-refractivity contribution < 1.29 is 4.79 Å². The summed E-state index contributed by atoms with van der Waals surface area (Å²) in [6, 6.07) is 14.7. The van der Waals surface area contributed by atoms with E-state index in [1.54, 1.807) is 6.07 Å². The molecular formula is C17H15ClN4O. The number of nitrogens with one attached hydrogen (secondary N) is 2. The van der Waals surface area contributed by atoms with Gasteiger partial charge in [0.05, 0.1) is 17.1 Å². The van der Waals surface area contributed by atoms with Crippen LogP contribution >= 0.6 is 11.6 Å². The SMILES string of the molecule is C=C1NN(c2ccccc2)C(=O)/C1=N/Nc1cccc(Cl)c1C. The van der Waals surface area contributed by atoms with Gasteiger partial charge >= 0.3 is 0 Å². The molecule has 3 rings (SSSR count). The zero-order chi connectivity index (χ0) is 16.4. The maximum absolute atomic E-state index is 12.5. The first-order valence-electron chi connectivity index (χ1n) is 7.02. The van der Waals surface area contributed by atoms with Crippen LogP contribution in [0.15, 0.2) is 65.9 Å². The Morgan fingerprint density at radius 2 is 1.91 bits per heavy atom. The number of hydrazone groups is 1. The van der Waals surface area contributed by atoms with E-state index in [1.807, 2.05) is 49.4 Å². The van der Waals surface area contributed by atoms with Gasteiger partial charge in [-0.3, -0.25) is 15.6 Å². The summed E-state index contributed by atoms with van der Waals surface area (Å²) in [5.41, 5.74) is 8.80. The number of halogens is 1. The summed E-state index contributed by atoms with van der Waals surface area (Å²) < 4.78 is 0. The van der Waals surface area contributed by atoms with Gasteiger partial charge in [-0.2, -0.15) is 5.10 Å². The van der Waals surface area contributed by atoms with Crippen LogP contribution in [0.1, 0.15) is 5.56 Å². The number of carbonyl (C=O) groups is 1. The molecule has 1 amide bonds. The van der Waals surface area contributed by atoms with E-state index >= 15 is 0 Å². The predicted octanol–water partition coefficient (Wildman–Crippen LogP) is 3.48. The quantitative estimate of drug-likeness (QED) is 0.849. The molecule has 1 aliphatic rings. The van der Waals surface area contributed by atoms with E-state index in [-0.39, 0.29) is 11.6 Å². The first kappa shape index (κ1) is 15.1. The van der Waals surface area contributed by atoms with Crippen molar-refractivity contribution in [1.82, 2.24) is 5.43 Å². The van der Waals surface area contributed by atoms with Crippen LogP contribution < -0.4 is 15.9 Å². The van der Waals surface area contributed by atoms with Crippen LogP contribution in [0.3, 0.4) is 0 Å². The van der Waals surface area contributed by atoms with Crippen molar-refractivity contribution in [3.8, 4) is 0 Å². The number of hydrogen-bond acceptors (Lipinski definition) is 4. The van der Waals surface area contributed by atoms with Crippen molar-refractivity contribution in [2.75, 3.05) is 10.4 Å². The standard InChI is InChI=1S/C17H15ClN4O/c1-11-14(18)9-6-10-15(11)19-20-16-12(2)21-22(17(16)23)13-7-4-3-5-8-13/h3-10,19,21H,2H2,1H3/b20-16+. The molecule has 0 unspecified atom stereocenters. The Balaban J connectivity index is 1.84. The highest BCUT2D eigenvalue weighted by atomic mass is 35.5. The van der Waals surface area contributed by atoms with Gasteiger partial charge in [-0.15, -0.1) is 0 Å². The van der Waals surface area contributed by atoms with Gasteiger partial charge in [0.25, 0.3) is 5.91 Å². The van der Waals surface area contributed by atoms with E-state index in [0.29, 0.717) is 10.7 Å². The van der Waals surface area contributed by atoms with Crippen molar-refractivity contribution in [2.24, 2.45) is 5.10 Å². The summed E-state index contributed by atoms with van der Waals surface area (Å²) in [6.45, 7) is 5.72. The lowest BCUT2D eigenvalue weighted by Gasteiger charge is -2.14. The van der Waals surface area contributed by atoms with Crippen LogP contribution in [0.5, 0.6) is 0 Å². The largest absolute Gasteiger partial charge is 0.299 e. The number of amides is 1. The molecule has 0 saturated carbocycles. The molecule has 1 fully saturated rings. The van der Waals surface area contributed by atoms with Gasteiger partial charge in [0.1, 0.15) is 0 Å². The zero-order valence-electron chi connectivity index (χ0n) is 12.5. The first-order valence-corrected chi connectivity index (χ1v) is 7.40. The van der Waals surface area contributed by atoms with E-state index < -0.39 is 0 Å². The van der Waals surface area contributed by atoms with E-state index in [2.05, 4.69) is 22.5 Å². The van der Waals surface area contributed by atoms with E-state index in [0.717, 1.165) is 16.9 Å². The molecule has 5 nitrogen and oxygen atoms in total. The zero-order valence-corrected chi connectivity index (χ0v) is 13.3. The fraction of sp³-hybridized carbons (Fsp3) is 0.0588. The number of carbonyl (C=O) groups excluding carboxylic acids is 1. The molecule has 2 aromatic rings. The molecular weight excluding hydrogens is 312 g/mol. The summed E-state index contributed by atoms with van der Waals surface area (Å²) in [6.07, 6.45) is 0. The second-order valence-electron chi connectivity index (χ2n) is 5.05. The molecule has 0 aliphatic carbocycles. The summed E-state index contributed by atoms with van der Waals surface area (Å²) in [5, 5.41) is 6.23. The Bertz CT molecular complexity index is 801. The molecule has 2 aromatic carbocycles. The van der Waals surface area contributed by atoms with Gasteiger partial charge in [0, 0.05) is 5.02 Å². The molecule has 0 spiro atoms. The maximum Gasteiger partial charge on any atom is 0.299 e. The average molecular weight is 327 g/mol. The van der Waals surface area contributed by atoms with Crippen LogP contribution in [0, 0.1) is 6.92 Å². The molecule has 1 heterocycles. The smallest absolute Gasteiger partial charge is 0.289 e. The van der Waals surface area contributed by atoms with E-state index in [9.17, 15) is 4.79 Å². The summed E-state index contributed by atoms with van der Waals surface area (Å²) >= 11 is 6.08. The van der Waals surface area contributed by atoms with Crippen molar-refractivity contribution in [2.45, 2.75) is 6.92 Å². The normalized spacial score (nSPS) is 15.9. The Morgan fingerprint density at radius 3 is 2.65 bits per heavy atom. The second-order valence-corrected chi connectivity index (χ2v) is 5.46. The molecule has 1 aliphatic heterocycles. The third-order valence-electron chi connectivity index (χ3n) is 3.51. The Hall–Kier alpha value is -2.79. The molecule has 0 radical (unpaired) electrons. The number of rotatable bonds is 3. The molecule has 0 aromatic heterocycles. The molecule has 116 valence electrons. The third-order valence-corrected chi connectivity index (χ3v) is 3.92. The lowest BCUT2D eigenvalue weighted by Crippen LogP contribution is -2.34. The fourth-order valence-corrected chi connectivity index (χ4v) is 2.37. The number of anilines is 2. The van der Waals surface area contributed by atoms with Crippen LogP contribution in [-0.4, -0.2) is 11.6 Å². The summed E-state index contributed by atoms with van der Waals surface area (Å²) in [4.78, 5) is 12.5. The minimum atomic E-state index is -0.270. The number of hydrazine groups is 1. The van der Waals surface area contributed by atoms with Crippen LogP contribution in [0.4, 0.5) is 11.4 Å². The highest BCUT2D eigenvalue weighted by Gasteiger charge is 2.32. The van der Waals surface area contributed by atoms with Crippen LogP contribution in [0.25, 0.3) is 0 Å². The Labute approximate surface area is 139 Å². The van der Waals surface area contributed by atoms with Gasteiger partial charge in [-0.05, 0) is 36.8 Å². The topological polar surface area (TPSA) is 56.7 Å². The molecule has 23 heavy (non-hydrogen) atoms. The average Bonchev–Trinajstić information content (AvgIpc) is 2.84. The van der Waals surface area contributed by atoms with Gasteiger partial charge in [-0.25, -0.2) is 5.01 Å². The second kappa shape index (κ2) is 6.14. The van der Waals surface area contributed by atoms with Crippen LogP contribution in [0.2, 0.25) is 5.02 Å². The maximum atomic E-state index is 12.5. The van der Waals surface area contributed by atoms with Gasteiger partial charge in [0.15, 0.2) is 5.71 Å². The van der Waals surface area contributed by atoms with Crippen molar-refractivity contribution in [3.63, 3.8) is 0 Å². The Morgan fingerprint density at radius 1 is 1.17 bits per heavy atom. The number of hydrogen-bond donors (Lipinski definition) is 2. The minimum absolute atomic E-state index is 0.230. The van der Waals surface area contributed by atoms with Crippen molar-refractivity contribution in [3.05, 3.63) is 71.4 Å². The number of benzene rings is 2. The lowest BCUT2D eigenvalue weighted by atomic mass is 10.2. The number of nitrogens with zero attached hydrogens (tertiary/aromatic N) is 2. The molecule has 0 atom stereocenters. The highest BCUT2D eigenvalue weighted by molar-refractivity contribution is 6.51. The highest BCUT2D eigenvalue weighted by Crippen LogP contribution is 2.23. The van der Waals surface area contributed by atoms with E-state index in [1.165, 1.54) is 5.01 Å². The van der Waals surface area contributed by atoms with Crippen molar-refractivity contribution in [1.29, 1.82) is 0 Å². The number of para-hydroxylation sites is 1. The van der Waals surface area contributed by atoms with Gasteiger partial charge < -0.3 is 0 Å².